The minimum atomic E-state index is -0.463. The Hall–Kier alpha value is -1.05. The van der Waals surface area contributed by atoms with Crippen LogP contribution in [-0.2, 0) is 4.74 Å². The van der Waals surface area contributed by atoms with Crippen LogP contribution in [0.25, 0.3) is 0 Å². The number of fused-ring (bicyclic) bond motifs is 1. The SMILES string of the molecule is CCN1CCN(CC(O)COCC2COc3ccccc3O2)CC1.[Cl-]. The van der Waals surface area contributed by atoms with Crippen LogP contribution >= 0.6 is 0 Å². The number of benzene rings is 1. The molecule has 0 bridgehead atoms. The van der Waals surface area contributed by atoms with Crippen LogP contribution in [0.3, 0.4) is 0 Å². The Morgan fingerprint density at radius 3 is 2.56 bits per heavy atom. The number of hydrogen-bond donors (Lipinski definition) is 1. The zero-order chi connectivity index (χ0) is 16.8. The van der Waals surface area contributed by atoms with Crippen molar-refractivity contribution in [1.82, 2.24) is 9.80 Å². The molecule has 1 fully saturated rings. The first kappa shape index (κ1) is 20.3. The first-order chi connectivity index (χ1) is 11.7. The Labute approximate surface area is 156 Å². The van der Waals surface area contributed by atoms with E-state index < -0.39 is 6.10 Å². The fourth-order valence-electron chi connectivity index (χ4n) is 3.12. The molecule has 1 saturated heterocycles. The van der Waals surface area contributed by atoms with Gasteiger partial charge in [0, 0.05) is 32.7 Å². The molecule has 7 heteroatoms. The lowest BCUT2D eigenvalue weighted by atomic mass is 10.2. The summed E-state index contributed by atoms with van der Waals surface area (Å²) in [7, 11) is 0. The van der Waals surface area contributed by atoms with Crippen molar-refractivity contribution >= 4 is 0 Å². The summed E-state index contributed by atoms with van der Waals surface area (Å²) >= 11 is 0. The van der Waals surface area contributed by atoms with Gasteiger partial charge >= 0.3 is 0 Å². The number of piperazine rings is 1. The fraction of sp³-hybridized carbons (Fsp3) is 0.667. The Kier molecular flexibility index (Phi) is 8.26. The summed E-state index contributed by atoms with van der Waals surface area (Å²) in [6, 6.07) is 7.64. The van der Waals surface area contributed by atoms with Crippen molar-refractivity contribution in [3.63, 3.8) is 0 Å². The van der Waals surface area contributed by atoms with Crippen LogP contribution in [0.4, 0.5) is 0 Å². The molecule has 2 unspecified atom stereocenters. The topological polar surface area (TPSA) is 54.4 Å². The van der Waals surface area contributed by atoms with Gasteiger partial charge in [-0.05, 0) is 18.7 Å². The number of halogens is 1. The van der Waals surface area contributed by atoms with Gasteiger partial charge in [-0.3, -0.25) is 4.90 Å². The zero-order valence-electron chi connectivity index (χ0n) is 14.8. The van der Waals surface area contributed by atoms with Crippen LogP contribution in [0, 0.1) is 0 Å². The van der Waals surface area contributed by atoms with E-state index in [0.717, 1.165) is 44.2 Å². The smallest absolute Gasteiger partial charge is 0.161 e. The summed E-state index contributed by atoms with van der Waals surface area (Å²) in [6.07, 6.45) is -0.588. The summed E-state index contributed by atoms with van der Waals surface area (Å²) in [4.78, 5) is 4.73. The second kappa shape index (κ2) is 10.2. The van der Waals surface area contributed by atoms with Crippen LogP contribution in [0.5, 0.6) is 11.5 Å². The molecule has 1 aromatic rings. The average molecular weight is 372 g/mol. The molecule has 142 valence electrons. The molecule has 0 radical (unpaired) electrons. The maximum Gasteiger partial charge on any atom is 0.161 e. The highest BCUT2D eigenvalue weighted by Gasteiger charge is 2.22. The number of aliphatic hydroxyl groups excluding tert-OH is 1. The van der Waals surface area contributed by atoms with Gasteiger partial charge in [0.05, 0.1) is 19.3 Å². The molecule has 0 aliphatic carbocycles. The molecule has 0 saturated carbocycles. The molecule has 2 aliphatic heterocycles. The van der Waals surface area contributed by atoms with Crippen molar-refractivity contribution < 1.29 is 31.7 Å². The highest BCUT2D eigenvalue weighted by Crippen LogP contribution is 2.30. The lowest BCUT2D eigenvalue weighted by Crippen LogP contribution is -3.00. The molecule has 3 rings (SSSR count). The van der Waals surface area contributed by atoms with Crippen molar-refractivity contribution in [3.8, 4) is 11.5 Å². The van der Waals surface area contributed by atoms with Crippen LogP contribution in [0.1, 0.15) is 6.92 Å². The van der Waals surface area contributed by atoms with Crippen molar-refractivity contribution in [2.75, 3.05) is 59.1 Å². The largest absolute Gasteiger partial charge is 1.00 e. The van der Waals surface area contributed by atoms with Gasteiger partial charge < -0.3 is 36.6 Å². The van der Waals surface area contributed by atoms with Gasteiger partial charge in [0.15, 0.2) is 17.6 Å². The standard InChI is InChI=1S/C18H28N2O4.ClH/c1-2-19-7-9-20(10-8-19)11-15(21)12-22-13-16-14-23-17-5-3-4-6-18(17)24-16;/h3-6,15-16,21H,2,7-14H2,1H3;1H/p-1. The first-order valence-corrected chi connectivity index (χ1v) is 8.83. The molecule has 1 aromatic carbocycles. The molecule has 2 aliphatic rings. The van der Waals surface area contributed by atoms with Crippen LogP contribution in [0.15, 0.2) is 24.3 Å². The van der Waals surface area contributed by atoms with E-state index in [4.69, 9.17) is 14.2 Å². The Morgan fingerprint density at radius 1 is 1.16 bits per heavy atom. The summed E-state index contributed by atoms with van der Waals surface area (Å²) in [6.45, 7) is 9.38. The minimum Gasteiger partial charge on any atom is -1.00 e. The number of ether oxygens (including phenoxy) is 3. The van der Waals surface area contributed by atoms with Gasteiger partial charge in [-0.2, -0.15) is 0 Å². The molecular weight excluding hydrogens is 344 g/mol. The summed E-state index contributed by atoms with van der Waals surface area (Å²) in [5.41, 5.74) is 0. The van der Waals surface area contributed by atoms with Crippen molar-refractivity contribution in [3.05, 3.63) is 24.3 Å². The van der Waals surface area contributed by atoms with Gasteiger partial charge in [0.25, 0.3) is 0 Å². The number of β-amino-alcohol motifs (C(OH)–C–C–N with tert-alkyl or cyclic N) is 1. The Balaban J connectivity index is 0.00000225. The van der Waals surface area contributed by atoms with E-state index in [2.05, 4.69) is 16.7 Å². The van der Waals surface area contributed by atoms with E-state index in [-0.39, 0.29) is 18.5 Å². The van der Waals surface area contributed by atoms with Gasteiger partial charge in [0.1, 0.15) is 6.61 Å². The summed E-state index contributed by atoms with van der Waals surface area (Å²) < 4.78 is 17.1. The molecule has 25 heavy (non-hydrogen) atoms. The van der Waals surface area contributed by atoms with E-state index in [1.807, 2.05) is 24.3 Å². The Morgan fingerprint density at radius 2 is 1.84 bits per heavy atom. The number of likely N-dealkylation sites (N-methyl/N-ethyl adjacent to an activating group) is 1. The van der Waals surface area contributed by atoms with Crippen molar-refractivity contribution in [2.24, 2.45) is 0 Å². The molecule has 0 spiro atoms. The van der Waals surface area contributed by atoms with Gasteiger partial charge in [-0.25, -0.2) is 0 Å². The molecule has 2 heterocycles. The third kappa shape index (κ3) is 6.01. The quantitative estimate of drug-likeness (QED) is 0.589. The fourth-order valence-corrected chi connectivity index (χ4v) is 3.12. The second-order valence-corrected chi connectivity index (χ2v) is 6.42. The van der Waals surface area contributed by atoms with Crippen LogP contribution in [-0.4, -0.2) is 86.2 Å². The maximum atomic E-state index is 10.2. The summed E-state index contributed by atoms with van der Waals surface area (Å²) in [5.74, 6) is 1.53. The second-order valence-electron chi connectivity index (χ2n) is 6.42. The number of hydrogen-bond acceptors (Lipinski definition) is 6. The maximum absolute atomic E-state index is 10.2. The predicted octanol–water partition coefficient (Wildman–Crippen LogP) is -2.15. The number of aliphatic hydroxyl groups is 1. The molecule has 1 N–H and O–H groups in total. The minimum absolute atomic E-state index is 0. The monoisotopic (exact) mass is 371 g/mol. The van der Waals surface area contributed by atoms with Gasteiger partial charge in [-0.15, -0.1) is 0 Å². The molecule has 6 nitrogen and oxygen atoms in total. The predicted molar refractivity (Wildman–Crippen MR) is 91.7 cm³/mol. The number of nitrogens with zero attached hydrogens (tertiary/aromatic N) is 2. The highest BCUT2D eigenvalue weighted by molar-refractivity contribution is 5.40. The zero-order valence-corrected chi connectivity index (χ0v) is 15.5. The Bertz CT molecular complexity index is 512. The van der Waals surface area contributed by atoms with E-state index in [9.17, 15) is 5.11 Å². The van der Waals surface area contributed by atoms with Crippen LogP contribution < -0.4 is 21.9 Å². The average Bonchev–Trinajstić information content (AvgIpc) is 2.62. The molecular formula is C18H28ClN2O4-. The highest BCUT2D eigenvalue weighted by atomic mass is 35.5. The van der Waals surface area contributed by atoms with Crippen molar-refractivity contribution in [1.29, 1.82) is 0 Å². The third-order valence-corrected chi connectivity index (χ3v) is 4.56. The lowest BCUT2D eigenvalue weighted by molar-refractivity contribution is -0.0319. The first-order valence-electron chi connectivity index (χ1n) is 8.83. The number of rotatable bonds is 7. The van der Waals surface area contributed by atoms with Gasteiger partial charge in [0.2, 0.25) is 0 Å². The molecule has 0 aromatic heterocycles. The molecule has 0 amide bonds. The van der Waals surface area contributed by atoms with E-state index in [1.54, 1.807) is 0 Å². The third-order valence-electron chi connectivity index (χ3n) is 4.56. The van der Waals surface area contributed by atoms with Gasteiger partial charge in [-0.1, -0.05) is 19.1 Å². The van der Waals surface area contributed by atoms with Crippen molar-refractivity contribution in [2.45, 2.75) is 19.1 Å². The number of para-hydroxylation sites is 2. The molecule has 2 atom stereocenters. The van der Waals surface area contributed by atoms with E-state index in [0.29, 0.717) is 26.4 Å². The van der Waals surface area contributed by atoms with E-state index in [1.165, 1.54) is 0 Å². The lowest BCUT2D eigenvalue weighted by Gasteiger charge is -2.35. The normalized spacial score (nSPS) is 22.2. The van der Waals surface area contributed by atoms with E-state index >= 15 is 0 Å². The summed E-state index contributed by atoms with van der Waals surface area (Å²) in [5, 5.41) is 10.2. The van der Waals surface area contributed by atoms with Crippen LogP contribution in [0.2, 0.25) is 0 Å².